The number of phenolic OH excluding ortho intramolecular Hbond substituents is 1. The molecule has 0 spiro atoms. The number of aromatic hydroxyl groups is 1. The maximum atomic E-state index is 10.2. The van der Waals surface area contributed by atoms with Gasteiger partial charge in [0.2, 0.25) is 5.89 Å². The Morgan fingerprint density at radius 2 is 1.69 bits per heavy atom. The van der Waals surface area contributed by atoms with Crippen LogP contribution in [0.15, 0.2) is 100 Å². The molecule has 156 valence electrons. The van der Waals surface area contributed by atoms with Crippen LogP contribution in [-0.2, 0) is 6.42 Å². The van der Waals surface area contributed by atoms with E-state index in [1.165, 1.54) is 5.56 Å². The second kappa shape index (κ2) is 8.52. The van der Waals surface area contributed by atoms with E-state index in [4.69, 9.17) is 4.42 Å². The third-order valence-corrected chi connectivity index (χ3v) is 5.35. The molecule has 5 aromatic rings. The van der Waals surface area contributed by atoms with Crippen LogP contribution in [0.3, 0.4) is 0 Å². The van der Waals surface area contributed by atoms with Gasteiger partial charge in [-0.25, -0.2) is 4.98 Å². The first-order valence-corrected chi connectivity index (χ1v) is 10.5. The molecule has 5 rings (SSSR count). The summed E-state index contributed by atoms with van der Waals surface area (Å²) in [5, 5.41) is 10.2. The van der Waals surface area contributed by atoms with Crippen molar-refractivity contribution in [3.05, 3.63) is 113 Å². The Hall–Kier alpha value is -4.18. The minimum Gasteiger partial charge on any atom is -0.507 e. The van der Waals surface area contributed by atoms with E-state index < -0.39 is 0 Å². The van der Waals surface area contributed by atoms with Crippen molar-refractivity contribution >= 4 is 23.0 Å². The molecule has 0 radical (unpaired) electrons. The highest BCUT2D eigenvalue weighted by atomic mass is 16.3. The van der Waals surface area contributed by atoms with Crippen molar-refractivity contribution in [3.63, 3.8) is 0 Å². The Labute approximate surface area is 186 Å². The standard InChI is InChI=1S/C28H22N2O2/c1-19-7-14-27-25(15-19)30-28(32-27)22-9-11-24(12-10-22)29-18-23-17-21(8-13-26(23)31)16-20-5-3-2-4-6-20/h2-15,17-18,31H,16H2,1H3. The van der Waals surface area contributed by atoms with Crippen LogP contribution in [-0.4, -0.2) is 16.3 Å². The monoisotopic (exact) mass is 418 g/mol. The number of phenols is 1. The molecule has 1 N–H and O–H groups in total. The van der Waals surface area contributed by atoms with Crippen LogP contribution in [0.1, 0.15) is 22.3 Å². The number of aromatic nitrogens is 1. The number of hydrogen-bond acceptors (Lipinski definition) is 4. The van der Waals surface area contributed by atoms with Crippen molar-refractivity contribution in [1.29, 1.82) is 0 Å². The fraction of sp³-hybridized carbons (Fsp3) is 0.0714. The lowest BCUT2D eigenvalue weighted by Gasteiger charge is -2.05. The Balaban J connectivity index is 1.34. The van der Waals surface area contributed by atoms with Gasteiger partial charge in [0.1, 0.15) is 11.3 Å². The summed E-state index contributed by atoms with van der Waals surface area (Å²) in [6, 6.07) is 29.6. The number of fused-ring (bicyclic) bond motifs is 1. The third-order valence-electron chi connectivity index (χ3n) is 5.35. The lowest BCUT2D eigenvalue weighted by atomic mass is 10.0. The van der Waals surface area contributed by atoms with Crippen LogP contribution in [0.25, 0.3) is 22.6 Å². The van der Waals surface area contributed by atoms with Crippen molar-refractivity contribution in [2.75, 3.05) is 0 Å². The molecule has 4 aromatic carbocycles. The topological polar surface area (TPSA) is 58.6 Å². The molecule has 32 heavy (non-hydrogen) atoms. The molecule has 0 amide bonds. The molecule has 0 aliphatic rings. The number of oxazole rings is 1. The first-order chi connectivity index (χ1) is 15.6. The molecule has 0 saturated carbocycles. The molecule has 4 nitrogen and oxygen atoms in total. The molecule has 0 fully saturated rings. The summed E-state index contributed by atoms with van der Waals surface area (Å²) in [7, 11) is 0. The van der Waals surface area contributed by atoms with E-state index in [-0.39, 0.29) is 5.75 Å². The van der Waals surface area contributed by atoms with Gasteiger partial charge in [-0.3, -0.25) is 4.99 Å². The van der Waals surface area contributed by atoms with Gasteiger partial charge in [0.05, 0.1) is 5.69 Å². The van der Waals surface area contributed by atoms with E-state index in [1.54, 1.807) is 12.3 Å². The molecule has 4 heteroatoms. The number of rotatable bonds is 5. The molecule has 0 atom stereocenters. The zero-order chi connectivity index (χ0) is 21.9. The summed E-state index contributed by atoms with van der Waals surface area (Å²) in [6.07, 6.45) is 2.50. The van der Waals surface area contributed by atoms with E-state index >= 15 is 0 Å². The molecule has 1 aromatic heterocycles. The summed E-state index contributed by atoms with van der Waals surface area (Å²) in [6.45, 7) is 2.04. The van der Waals surface area contributed by atoms with Crippen molar-refractivity contribution in [2.45, 2.75) is 13.3 Å². The summed E-state index contributed by atoms with van der Waals surface area (Å²) in [5.74, 6) is 0.802. The van der Waals surface area contributed by atoms with Crippen molar-refractivity contribution in [1.82, 2.24) is 4.98 Å². The van der Waals surface area contributed by atoms with Gasteiger partial charge in [-0.05, 0) is 78.6 Å². The van der Waals surface area contributed by atoms with Gasteiger partial charge < -0.3 is 9.52 Å². The lowest BCUT2D eigenvalue weighted by molar-refractivity contribution is 0.474. The predicted octanol–water partition coefficient (Wildman–Crippen LogP) is 6.85. The van der Waals surface area contributed by atoms with Gasteiger partial charge in [-0.1, -0.05) is 42.5 Å². The Bertz CT molecular complexity index is 1400. The summed E-state index contributed by atoms with van der Waals surface area (Å²) < 4.78 is 5.87. The largest absolute Gasteiger partial charge is 0.507 e. The van der Waals surface area contributed by atoms with Crippen molar-refractivity contribution in [3.8, 4) is 17.2 Å². The second-order valence-electron chi connectivity index (χ2n) is 7.85. The average Bonchev–Trinajstić information content (AvgIpc) is 3.24. The van der Waals surface area contributed by atoms with Gasteiger partial charge >= 0.3 is 0 Å². The number of benzene rings is 4. The van der Waals surface area contributed by atoms with Crippen LogP contribution in [0, 0.1) is 6.92 Å². The minimum absolute atomic E-state index is 0.212. The van der Waals surface area contributed by atoms with E-state index in [9.17, 15) is 5.11 Å². The third kappa shape index (κ3) is 4.30. The Morgan fingerprint density at radius 3 is 2.50 bits per heavy atom. The summed E-state index contributed by atoms with van der Waals surface area (Å²) >= 11 is 0. The number of hydrogen-bond donors (Lipinski definition) is 1. The number of aryl methyl sites for hydroxylation is 1. The molecule has 0 bridgehead atoms. The first kappa shape index (κ1) is 19.8. The van der Waals surface area contributed by atoms with E-state index in [0.29, 0.717) is 11.5 Å². The SMILES string of the molecule is Cc1ccc2oc(-c3ccc(N=Cc4cc(Cc5ccccc5)ccc4O)cc3)nc2c1. The smallest absolute Gasteiger partial charge is 0.227 e. The van der Waals surface area contributed by atoms with Crippen LogP contribution < -0.4 is 0 Å². The second-order valence-corrected chi connectivity index (χ2v) is 7.85. The van der Waals surface area contributed by atoms with Crippen LogP contribution >= 0.6 is 0 Å². The van der Waals surface area contributed by atoms with Crippen molar-refractivity contribution < 1.29 is 9.52 Å². The lowest BCUT2D eigenvalue weighted by Crippen LogP contribution is -1.91. The maximum absolute atomic E-state index is 10.2. The quantitative estimate of drug-likeness (QED) is 0.318. The predicted molar refractivity (Wildman–Crippen MR) is 129 cm³/mol. The molecular formula is C28H22N2O2. The van der Waals surface area contributed by atoms with Gasteiger partial charge in [-0.15, -0.1) is 0 Å². The molecule has 0 saturated heterocycles. The number of nitrogens with zero attached hydrogens (tertiary/aromatic N) is 2. The fourth-order valence-electron chi connectivity index (χ4n) is 3.64. The molecule has 0 aliphatic carbocycles. The number of aliphatic imine (C=N–C) groups is 1. The van der Waals surface area contributed by atoms with Crippen LogP contribution in [0.2, 0.25) is 0 Å². The highest BCUT2D eigenvalue weighted by Crippen LogP contribution is 2.27. The van der Waals surface area contributed by atoms with Gasteiger partial charge in [0, 0.05) is 17.3 Å². The molecule has 0 unspecified atom stereocenters. The zero-order valence-corrected chi connectivity index (χ0v) is 17.7. The minimum atomic E-state index is 0.212. The normalized spacial score (nSPS) is 11.4. The van der Waals surface area contributed by atoms with Gasteiger partial charge in [0.25, 0.3) is 0 Å². The molecule has 1 heterocycles. The fourth-order valence-corrected chi connectivity index (χ4v) is 3.64. The average molecular weight is 418 g/mol. The highest BCUT2D eigenvalue weighted by molar-refractivity contribution is 5.86. The molecular weight excluding hydrogens is 396 g/mol. The Kier molecular flexibility index (Phi) is 5.26. The summed E-state index contributed by atoms with van der Waals surface area (Å²) in [5.41, 5.74) is 7.50. The van der Waals surface area contributed by atoms with E-state index in [0.717, 1.165) is 39.9 Å². The van der Waals surface area contributed by atoms with E-state index in [2.05, 4.69) is 22.1 Å². The van der Waals surface area contributed by atoms with Crippen LogP contribution in [0.4, 0.5) is 5.69 Å². The molecule has 0 aliphatic heterocycles. The maximum Gasteiger partial charge on any atom is 0.227 e. The Morgan fingerprint density at radius 1 is 0.875 bits per heavy atom. The van der Waals surface area contributed by atoms with Crippen LogP contribution in [0.5, 0.6) is 5.75 Å². The highest BCUT2D eigenvalue weighted by Gasteiger charge is 2.08. The first-order valence-electron chi connectivity index (χ1n) is 10.5. The van der Waals surface area contributed by atoms with Gasteiger partial charge in [0.15, 0.2) is 5.58 Å². The van der Waals surface area contributed by atoms with Crippen molar-refractivity contribution in [2.24, 2.45) is 4.99 Å². The van der Waals surface area contributed by atoms with E-state index in [1.807, 2.05) is 79.7 Å². The zero-order valence-electron chi connectivity index (χ0n) is 17.7. The van der Waals surface area contributed by atoms with Gasteiger partial charge in [-0.2, -0.15) is 0 Å². The summed E-state index contributed by atoms with van der Waals surface area (Å²) in [4.78, 5) is 9.12.